The standard InChI is InChI=1S/C15H25BrN2/c1-10(2)12(4)18(5)15-7-6-13(8-11(3)17)9-14(15)16/h6-7,9-12H,8,17H2,1-5H3. The predicted molar refractivity (Wildman–Crippen MR) is 84.2 cm³/mol. The Morgan fingerprint density at radius 1 is 1.22 bits per heavy atom. The van der Waals surface area contributed by atoms with E-state index < -0.39 is 0 Å². The van der Waals surface area contributed by atoms with E-state index in [2.05, 4.69) is 66.8 Å². The third-order valence-corrected chi connectivity index (χ3v) is 4.16. The van der Waals surface area contributed by atoms with E-state index >= 15 is 0 Å². The van der Waals surface area contributed by atoms with Gasteiger partial charge in [0.1, 0.15) is 0 Å². The summed E-state index contributed by atoms with van der Waals surface area (Å²) in [5, 5.41) is 0. The molecule has 2 N–H and O–H groups in total. The zero-order valence-corrected chi connectivity index (χ0v) is 13.7. The molecule has 1 rings (SSSR count). The molecule has 0 saturated carbocycles. The lowest BCUT2D eigenvalue weighted by molar-refractivity contribution is 0.505. The van der Waals surface area contributed by atoms with Gasteiger partial charge in [-0.3, -0.25) is 0 Å². The Hall–Kier alpha value is -0.540. The molecule has 0 bridgehead atoms. The fraction of sp³-hybridized carbons (Fsp3) is 0.600. The first-order chi connectivity index (χ1) is 8.32. The smallest absolute Gasteiger partial charge is 0.0510 e. The molecule has 1 aromatic rings. The van der Waals surface area contributed by atoms with E-state index in [4.69, 9.17) is 5.73 Å². The third kappa shape index (κ3) is 3.99. The Morgan fingerprint density at radius 2 is 1.83 bits per heavy atom. The van der Waals surface area contributed by atoms with Crippen molar-refractivity contribution in [2.45, 2.75) is 46.2 Å². The molecular formula is C15H25BrN2. The Labute approximate surface area is 120 Å². The van der Waals surface area contributed by atoms with Gasteiger partial charge in [-0.1, -0.05) is 19.9 Å². The summed E-state index contributed by atoms with van der Waals surface area (Å²) in [5.41, 5.74) is 8.36. The predicted octanol–water partition coefficient (Wildman–Crippen LogP) is 3.82. The van der Waals surface area contributed by atoms with Crippen LogP contribution in [-0.4, -0.2) is 19.1 Å². The van der Waals surface area contributed by atoms with E-state index in [1.54, 1.807) is 0 Å². The lowest BCUT2D eigenvalue weighted by Gasteiger charge is -2.31. The molecule has 2 atom stereocenters. The number of nitrogens with two attached hydrogens (primary N) is 1. The normalized spacial score (nSPS) is 14.7. The van der Waals surface area contributed by atoms with Gasteiger partial charge < -0.3 is 10.6 Å². The van der Waals surface area contributed by atoms with Gasteiger partial charge in [-0.15, -0.1) is 0 Å². The second-order valence-corrected chi connectivity index (χ2v) is 6.42. The summed E-state index contributed by atoms with van der Waals surface area (Å²) in [6, 6.07) is 7.26. The van der Waals surface area contributed by atoms with Crippen LogP contribution in [0.5, 0.6) is 0 Å². The Bertz CT molecular complexity index is 388. The van der Waals surface area contributed by atoms with Gasteiger partial charge in [0.25, 0.3) is 0 Å². The molecular weight excluding hydrogens is 288 g/mol. The second-order valence-electron chi connectivity index (χ2n) is 5.56. The molecule has 3 heteroatoms. The van der Waals surface area contributed by atoms with Crippen molar-refractivity contribution in [2.75, 3.05) is 11.9 Å². The van der Waals surface area contributed by atoms with Gasteiger partial charge in [-0.25, -0.2) is 0 Å². The number of rotatable bonds is 5. The quantitative estimate of drug-likeness (QED) is 0.895. The number of nitrogens with zero attached hydrogens (tertiary/aromatic N) is 1. The van der Waals surface area contributed by atoms with Crippen LogP contribution in [0.4, 0.5) is 5.69 Å². The number of hydrogen-bond donors (Lipinski definition) is 1. The van der Waals surface area contributed by atoms with Crippen LogP contribution in [0.15, 0.2) is 22.7 Å². The van der Waals surface area contributed by atoms with E-state index in [-0.39, 0.29) is 6.04 Å². The van der Waals surface area contributed by atoms with E-state index in [9.17, 15) is 0 Å². The number of hydrogen-bond acceptors (Lipinski definition) is 2. The average molecular weight is 313 g/mol. The monoisotopic (exact) mass is 312 g/mol. The van der Waals surface area contributed by atoms with Gasteiger partial charge in [0, 0.05) is 23.6 Å². The fourth-order valence-corrected chi connectivity index (χ4v) is 2.71. The lowest BCUT2D eigenvalue weighted by atomic mass is 10.0. The van der Waals surface area contributed by atoms with Crippen LogP contribution in [0, 0.1) is 5.92 Å². The van der Waals surface area contributed by atoms with Crippen LogP contribution in [0.2, 0.25) is 0 Å². The molecule has 0 amide bonds. The highest BCUT2D eigenvalue weighted by molar-refractivity contribution is 9.10. The average Bonchev–Trinajstić information content (AvgIpc) is 2.26. The molecule has 18 heavy (non-hydrogen) atoms. The highest BCUT2D eigenvalue weighted by atomic mass is 79.9. The summed E-state index contributed by atoms with van der Waals surface area (Å²) in [6.45, 7) is 8.79. The molecule has 0 fully saturated rings. The number of benzene rings is 1. The van der Waals surface area contributed by atoms with Gasteiger partial charge in [0.2, 0.25) is 0 Å². The molecule has 0 aliphatic carbocycles. The first-order valence-electron chi connectivity index (χ1n) is 6.59. The van der Waals surface area contributed by atoms with Gasteiger partial charge in [-0.2, -0.15) is 0 Å². The molecule has 1 aromatic carbocycles. The minimum Gasteiger partial charge on any atom is -0.371 e. The van der Waals surface area contributed by atoms with Crippen molar-refractivity contribution in [1.82, 2.24) is 0 Å². The summed E-state index contributed by atoms with van der Waals surface area (Å²) in [5.74, 6) is 0.630. The Kier molecular flexibility index (Phi) is 5.67. The fourth-order valence-electron chi connectivity index (χ4n) is 2.00. The van der Waals surface area contributed by atoms with Crippen LogP contribution < -0.4 is 10.6 Å². The maximum atomic E-state index is 5.83. The molecule has 0 aliphatic heterocycles. The SMILES string of the molecule is CC(N)Cc1ccc(N(C)C(C)C(C)C)c(Br)c1. The molecule has 0 heterocycles. The lowest BCUT2D eigenvalue weighted by Crippen LogP contribution is -2.33. The summed E-state index contributed by atoms with van der Waals surface area (Å²) < 4.78 is 1.15. The van der Waals surface area contributed by atoms with Crippen molar-refractivity contribution in [3.63, 3.8) is 0 Å². The summed E-state index contributed by atoms with van der Waals surface area (Å²) in [7, 11) is 2.15. The van der Waals surface area contributed by atoms with Gasteiger partial charge in [0.05, 0.1) is 5.69 Å². The molecule has 0 radical (unpaired) electrons. The molecule has 102 valence electrons. The van der Waals surface area contributed by atoms with Crippen LogP contribution >= 0.6 is 15.9 Å². The minimum absolute atomic E-state index is 0.204. The minimum atomic E-state index is 0.204. The van der Waals surface area contributed by atoms with Crippen LogP contribution in [-0.2, 0) is 6.42 Å². The molecule has 2 nitrogen and oxygen atoms in total. The first kappa shape index (κ1) is 15.5. The highest BCUT2D eigenvalue weighted by Crippen LogP contribution is 2.29. The third-order valence-electron chi connectivity index (χ3n) is 3.53. The summed E-state index contributed by atoms with van der Waals surface area (Å²) in [4.78, 5) is 2.32. The zero-order chi connectivity index (χ0) is 13.9. The molecule has 0 aromatic heterocycles. The molecule has 0 aliphatic rings. The largest absolute Gasteiger partial charge is 0.371 e. The van der Waals surface area contributed by atoms with E-state index in [0.717, 1.165) is 10.9 Å². The van der Waals surface area contributed by atoms with Crippen molar-refractivity contribution in [3.8, 4) is 0 Å². The second kappa shape index (κ2) is 6.58. The molecule has 2 unspecified atom stereocenters. The van der Waals surface area contributed by atoms with Crippen LogP contribution in [0.25, 0.3) is 0 Å². The Morgan fingerprint density at radius 3 is 2.28 bits per heavy atom. The first-order valence-corrected chi connectivity index (χ1v) is 7.39. The van der Waals surface area contributed by atoms with Crippen LogP contribution in [0.3, 0.4) is 0 Å². The maximum Gasteiger partial charge on any atom is 0.0510 e. The van der Waals surface area contributed by atoms with Gasteiger partial charge in [0.15, 0.2) is 0 Å². The zero-order valence-electron chi connectivity index (χ0n) is 12.1. The number of halogens is 1. The molecule has 0 spiro atoms. The van der Waals surface area contributed by atoms with E-state index in [0.29, 0.717) is 12.0 Å². The van der Waals surface area contributed by atoms with Gasteiger partial charge in [-0.05, 0) is 59.8 Å². The highest BCUT2D eigenvalue weighted by Gasteiger charge is 2.16. The maximum absolute atomic E-state index is 5.83. The topological polar surface area (TPSA) is 29.3 Å². The van der Waals surface area contributed by atoms with Crippen molar-refractivity contribution in [3.05, 3.63) is 28.2 Å². The van der Waals surface area contributed by atoms with E-state index in [1.165, 1.54) is 11.3 Å². The van der Waals surface area contributed by atoms with Crippen molar-refractivity contribution in [2.24, 2.45) is 11.7 Å². The Balaban J connectivity index is 2.91. The van der Waals surface area contributed by atoms with E-state index in [1.807, 2.05) is 6.92 Å². The van der Waals surface area contributed by atoms with Crippen molar-refractivity contribution >= 4 is 21.6 Å². The van der Waals surface area contributed by atoms with Crippen molar-refractivity contribution < 1.29 is 0 Å². The molecule has 0 saturated heterocycles. The van der Waals surface area contributed by atoms with Gasteiger partial charge >= 0.3 is 0 Å². The summed E-state index contributed by atoms with van der Waals surface area (Å²) >= 11 is 3.67. The summed E-state index contributed by atoms with van der Waals surface area (Å²) in [6.07, 6.45) is 0.919. The van der Waals surface area contributed by atoms with Crippen molar-refractivity contribution in [1.29, 1.82) is 0 Å². The number of anilines is 1. The van der Waals surface area contributed by atoms with Crippen LogP contribution in [0.1, 0.15) is 33.3 Å².